The van der Waals surface area contributed by atoms with Crippen molar-refractivity contribution in [3.63, 3.8) is 0 Å². The fraction of sp³-hybridized carbons (Fsp3) is 0.250. The molecule has 0 aliphatic heterocycles. The molecule has 5 heteroatoms. The fourth-order valence-corrected chi connectivity index (χ4v) is 2.20. The highest BCUT2D eigenvalue weighted by Gasteiger charge is 2.15. The first-order chi connectivity index (χ1) is 10.2. The van der Waals surface area contributed by atoms with Gasteiger partial charge in [-0.15, -0.1) is 0 Å². The topological polar surface area (TPSA) is 64.4 Å². The smallest absolute Gasteiger partial charge is 0.296 e. The van der Waals surface area contributed by atoms with E-state index in [1.807, 2.05) is 18.2 Å². The van der Waals surface area contributed by atoms with Crippen molar-refractivity contribution >= 4 is 11.4 Å². The van der Waals surface area contributed by atoms with E-state index >= 15 is 0 Å². The summed E-state index contributed by atoms with van der Waals surface area (Å²) in [5, 5.41) is 14.3. The first-order valence-electron chi connectivity index (χ1n) is 6.78. The molecular weight excluding hydrogens is 268 g/mol. The zero-order valence-corrected chi connectivity index (χ0v) is 12.1. The van der Waals surface area contributed by atoms with Crippen LogP contribution in [0.15, 0.2) is 42.5 Å². The largest absolute Gasteiger partial charge is 0.496 e. The van der Waals surface area contributed by atoms with Gasteiger partial charge in [0.2, 0.25) is 0 Å². The summed E-state index contributed by atoms with van der Waals surface area (Å²) < 4.78 is 5.03. The molecule has 0 unspecified atom stereocenters. The molecule has 5 nitrogen and oxygen atoms in total. The lowest BCUT2D eigenvalue weighted by molar-refractivity contribution is -0.384. The van der Waals surface area contributed by atoms with Crippen molar-refractivity contribution in [2.24, 2.45) is 0 Å². The van der Waals surface area contributed by atoms with Crippen LogP contribution < -0.4 is 10.1 Å². The number of anilines is 1. The van der Waals surface area contributed by atoms with Gasteiger partial charge in [-0.2, -0.15) is 0 Å². The highest BCUT2D eigenvalue weighted by Crippen LogP contribution is 2.29. The molecule has 1 N–H and O–H groups in total. The predicted molar refractivity (Wildman–Crippen MR) is 82.8 cm³/mol. The first kappa shape index (κ1) is 14.8. The minimum atomic E-state index is -0.406. The van der Waals surface area contributed by atoms with Crippen molar-refractivity contribution < 1.29 is 9.66 Å². The highest BCUT2D eigenvalue weighted by atomic mass is 16.6. The molecule has 0 aliphatic carbocycles. The average Bonchev–Trinajstić information content (AvgIpc) is 2.52. The van der Waals surface area contributed by atoms with Crippen LogP contribution >= 0.6 is 0 Å². The second kappa shape index (κ2) is 6.74. The molecule has 2 aromatic carbocycles. The second-order valence-corrected chi connectivity index (χ2v) is 4.62. The van der Waals surface area contributed by atoms with Crippen LogP contribution in [0.2, 0.25) is 0 Å². The van der Waals surface area contributed by atoms with Crippen LogP contribution in [0, 0.1) is 10.1 Å². The van der Waals surface area contributed by atoms with E-state index in [1.54, 1.807) is 12.1 Å². The number of ether oxygens (including phenoxy) is 1. The third-order valence-electron chi connectivity index (χ3n) is 3.37. The van der Waals surface area contributed by atoms with Crippen molar-refractivity contribution in [2.75, 3.05) is 12.4 Å². The predicted octanol–water partition coefficient (Wildman–Crippen LogP) is 3.78. The molecule has 0 bridgehead atoms. The number of nitrogens with one attached hydrogen (secondary N) is 1. The number of nitro benzene ring substituents is 1. The Labute approximate surface area is 123 Å². The Balaban J connectivity index is 2.21. The number of aryl methyl sites for hydroxylation is 1. The minimum Gasteiger partial charge on any atom is -0.496 e. The molecule has 2 aromatic rings. The number of hydrogen-bond donors (Lipinski definition) is 1. The Bertz CT molecular complexity index is 641. The van der Waals surface area contributed by atoms with Gasteiger partial charge in [-0.05, 0) is 29.7 Å². The molecule has 0 fully saturated rings. The van der Waals surface area contributed by atoms with Crippen LogP contribution in [0.3, 0.4) is 0 Å². The van der Waals surface area contributed by atoms with Crippen molar-refractivity contribution in [1.82, 2.24) is 0 Å². The molecular formula is C16H18N2O3. The van der Waals surface area contributed by atoms with Gasteiger partial charge >= 0.3 is 0 Å². The van der Waals surface area contributed by atoms with Crippen LogP contribution in [-0.2, 0) is 13.0 Å². The molecule has 2 rings (SSSR count). The third kappa shape index (κ3) is 3.51. The zero-order chi connectivity index (χ0) is 15.2. The van der Waals surface area contributed by atoms with Crippen LogP contribution in [0.5, 0.6) is 5.75 Å². The number of nitrogens with zero attached hydrogens (tertiary/aromatic N) is 1. The van der Waals surface area contributed by atoms with E-state index in [9.17, 15) is 10.1 Å². The van der Waals surface area contributed by atoms with Gasteiger partial charge in [0, 0.05) is 6.54 Å². The van der Waals surface area contributed by atoms with Crippen molar-refractivity contribution in [2.45, 2.75) is 19.9 Å². The highest BCUT2D eigenvalue weighted by molar-refractivity contribution is 5.64. The third-order valence-corrected chi connectivity index (χ3v) is 3.37. The van der Waals surface area contributed by atoms with Crippen LogP contribution in [0.1, 0.15) is 18.1 Å². The molecule has 0 amide bonds. The Morgan fingerprint density at radius 1 is 1.19 bits per heavy atom. The van der Waals surface area contributed by atoms with Gasteiger partial charge in [0.1, 0.15) is 11.4 Å². The molecule has 0 spiro atoms. The number of hydrogen-bond acceptors (Lipinski definition) is 4. The summed E-state index contributed by atoms with van der Waals surface area (Å²) in [6.45, 7) is 2.64. The van der Waals surface area contributed by atoms with E-state index in [4.69, 9.17) is 4.74 Å². The number of methoxy groups -OCH3 is 1. The van der Waals surface area contributed by atoms with Gasteiger partial charge in [0.25, 0.3) is 5.69 Å². The number of nitro groups is 1. The molecule has 0 heterocycles. The van der Waals surface area contributed by atoms with E-state index in [1.165, 1.54) is 18.7 Å². The summed E-state index contributed by atoms with van der Waals surface area (Å²) in [4.78, 5) is 10.7. The Morgan fingerprint density at radius 2 is 1.90 bits per heavy atom. The SMILES string of the molecule is CCc1ccccc1CNc1ccc(OC)cc1[N+](=O)[O-]. The molecule has 0 aliphatic rings. The first-order valence-corrected chi connectivity index (χ1v) is 6.78. The lowest BCUT2D eigenvalue weighted by Gasteiger charge is -2.11. The summed E-state index contributed by atoms with van der Waals surface area (Å²) in [5.74, 6) is 0.473. The Morgan fingerprint density at radius 3 is 2.52 bits per heavy atom. The lowest BCUT2D eigenvalue weighted by atomic mass is 10.1. The minimum absolute atomic E-state index is 0.0170. The lowest BCUT2D eigenvalue weighted by Crippen LogP contribution is -2.05. The Kier molecular flexibility index (Phi) is 4.77. The number of rotatable bonds is 6. The fourth-order valence-electron chi connectivity index (χ4n) is 2.20. The van der Waals surface area contributed by atoms with E-state index in [0.29, 0.717) is 18.0 Å². The monoisotopic (exact) mass is 286 g/mol. The summed E-state index contributed by atoms with van der Waals surface area (Å²) >= 11 is 0. The quantitative estimate of drug-likeness (QED) is 0.648. The van der Waals surface area contributed by atoms with Gasteiger partial charge in [0.15, 0.2) is 0 Å². The van der Waals surface area contributed by atoms with E-state index in [2.05, 4.69) is 18.3 Å². The molecule has 0 saturated carbocycles. The van der Waals surface area contributed by atoms with Gasteiger partial charge in [0.05, 0.1) is 18.1 Å². The summed E-state index contributed by atoms with van der Waals surface area (Å²) in [6.07, 6.45) is 0.933. The van der Waals surface area contributed by atoms with Crippen molar-refractivity contribution in [1.29, 1.82) is 0 Å². The summed E-state index contributed by atoms with van der Waals surface area (Å²) in [5.41, 5.74) is 2.89. The van der Waals surface area contributed by atoms with E-state index < -0.39 is 4.92 Å². The molecule has 110 valence electrons. The van der Waals surface area contributed by atoms with Crippen molar-refractivity contribution in [3.8, 4) is 5.75 Å². The van der Waals surface area contributed by atoms with Gasteiger partial charge in [-0.25, -0.2) is 0 Å². The van der Waals surface area contributed by atoms with Crippen LogP contribution in [-0.4, -0.2) is 12.0 Å². The molecule has 0 aromatic heterocycles. The molecule has 0 radical (unpaired) electrons. The van der Waals surface area contributed by atoms with Crippen LogP contribution in [0.4, 0.5) is 11.4 Å². The van der Waals surface area contributed by atoms with Gasteiger partial charge < -0.3 is 10.1 Å². The standard InChI is InChI=1S/C16H18N2O3/c1-3-12-6-4-5-7-13(12)11-17-15-9-8-14(21-2)10-16(15)18(19)20/h4-10,17H,3,11H2,1-2H3. The summed E-state index contributed by atoms with van der Waals surface area (Å²) in [7, 11) is 1.49. The van der Waals surface area contributed by atoms with Gasteiger partial charge in [-0.1, -0.05) is 31.2 Å². The average molecular weight is 286 g/mol. The van der Waals surface area contributed by atoms with Crippen LogP contribution in [0.25, 0.3) is 0 Å². The maximum atomic E-state index is 11.1. The zero-order valence-electron chi connectivity index (χ0n) is 12.1. The normalized spacial score (nSPS) is 10.2. The van der Waals surface area contributed by atoms with E-state index in [-0.39, 0.29) is 5.69 Å². The maximum Gasteiger partial charge on any atom is 0.296 e. The maximum absolute atomic E-state index is 11.1. The molecule has 0 saturated heterocycles. The number of benzene rings is 2. The van der Waals surface area contributed by atoms with E-state index in [0.717, 1.165) is 12.0 Å². The Hall–Kier alpha value is -2.56. The van der Waals surface area contributed by atoms with Crippen molar-refractivity contribution in [3.05, 3.63) is 63.7 Å². The molecule has 21 heavy (non-hydrogen) atoms. The summed E-state index contributed by atoms with van der Waals surface area (Å²) in [6, 6.07) is 12.9. The molecule has 0 atom stereocenters. The second-order valence-electron chi connectivity index (χ2n) is 4.62. The van der Waals surface area contributed by atoms with Gasteiger partial charge in [-0.3, -0.25) is 10.1 Å².